The fraction of sp³-hybridized carbons (Fsp3) is 0.368. The van der Waals surface area contributed by atoms with Gasteiger partial charge in [0.2, 0.25) is 0 Å². The Hall–Kier alpha value is -3.00. The number of rotatable bonds is 5. The van der Waals surface area contributed by atoms with E-state index in [0.717, 1.165) is 31.9 Å². The van der Waals surface area contributed by atoms with Gasteiger partial charge in [-0.2, -0.15) is 5.10 Å². The lowest BCUT2D eigenvalue weighted by atomic mass is 10.2. The molecule has 0 radical (unpaired) electrons. The molecule has 0 unspecified atom stereocenters. The smallest absolute Gasteiger partial charge is 0.274 e. The lowest BCUT2D eigenvalue weighted by molar-refractivity contribution is 0.0775. The molecule has 8 heteroatoms. The van der Waals surface area contributed by atoms with Gasteiger partial charge in [-0.25, -0.2) is 4.63 Å². The van der Waals surface area contributed by atoms with Crippen LogP contribution in [0.3, 0.4) is 0 Å². The average molecular weight is 366 g/mol. The van der Waals surface area contributed by atoms with Crippen LogP contribution in [0.4, 0.5) is 0 Å². The molecule has 1 aliphatic rings. The van der Waals surface area contributed by atoms with E-state index in [1.165, 1.54) is 5.56 Å². The molecule has 0 aliphatic carbocycles. The van der Waals surface area contributed by atoms with Gasteiger partial charge in [-0.1, -0.05) is 40.6 Å². The predicted molar refractivity (Wildman–Crippen MR) is 97.6 cm³/mol. The van der Waals surface area contributed by atoms with Gasteiger partial charge >= 0.3 is 0 Å². The molecular weight excluding hydrogens is 344 g/mol. The van der Waals surface area contributed by atoms with Gasteiger partial charge in [-0.05, 0) is 18.6 Å². The third kappa shape index (κ3) is 3.75. The van der Waals surface area contributed by atoms with E-state index in [4.69, 9.17) is 4.63 Å². The molecule has 140 valence electrons. The zero-order chi connectivity index (χ0) is 18.8. The van der Waals surface area contributed by atoms with Gasteiger partial charge in [0, 0.05) is 26.7 Å². The van der Waals surface area contributed by atoms with Crippen LogP contribution < -0.4 is 0 Å². The maximum absolute atomic E-state index is 12.7. The third-order valence-electron chi connectivity index (χ3n) is 4.83. The highest BCUT2D eigenvalue weighted by Gasteiger charge is 2.23. The maximum atomic E-state index is 12.7. The predicted octanol–water partition coefficient (Wildman–Crippen LogP) is 1.86. The molecule has 4 rings (SSSR count). The largest absolute Gasteiger partial charge is 0.334 e. The molecule has 0 saturated carbocycles. The maximum Gasteiger partial charge on any atom is 0.274 e. The van der Waals surface area contributed by atoms with E-state index in [2.05, 4.69) is 44.6 Å². The number of nitrogens with zero attached hydrogens (tertiary/aromatic N) is 6. The first-order valence-corrected chi connectivity index (χ1v) is 8.96. The molecule has 8 nitrogen and oxygen atoms in total. The van der Waals surface area contributed by atoms with E-state index >= 15 is 0 Å². The van der Waals surface area contributed by atoms with Crippen molar-refractivity contribution < 1.29 is 9.42 Å². The Kier molecular flexibility index (Phi) is 4.72. The number of benzene rings is 1. The summed E-state index contributed by atoms with van der Waals surface area (Å²) in [7, 11) is 1.73. The zero-order valence-corrected chi connectivity index (χ0v) is 15.5. The first-order chi connectivity index (χ1) is 13.1. The van der Waals surface area contributed by atoms with E-state index < -0.39 is 0 Å². The number of aromatic nitrogens is 4. The van der Waals surface area contributed by atoms with Gasteiger partial charge in [-0.3, -0.25) is 14.4 Å². The van der Waals surface area contributed by atoms with Crippen molar-refractivity contribution in [2.24, 2.45) is 0 Å². The number of fused-ring (bicyclic) bond motifs is 1. The quantitative estimate of drug-likeness (QED) is 0.686. The number of carbonyl (C=O) groups excluding carboxylic acids is 1. The SMILES string of the molecule is Cc1nonc1CN(C)C(=O)c1cc2n(n1)CCN(Cc1ccccc1)C2. The van der Waals surface area contributed by atoms with Crippen LogP contribution in [0.15, 0.2) is 41.0 Å². The third-order valence-corrected chi connectivity index (χ3v) is 4.83. The molecule has 3 aromatic rings. The molecular formula is C19H22N6O2. The summed E-state index contributed by atoms with van der Waals surface area (Å²) in [6.07, 6.45) is 0. The Morgan fingerprint density at radius 3 is 2.78 bits per heavy atom. The van der Waals surface area contributed by atoms with Crippen LogP contribution in [0, 0.1) is 6.92 Å². The first kappa shape index (κ1) is 17.4. The van der Waals surface area contributed by atoms with Gasteiger partial charge in [0.05, 0.1) is 18.8 Å². The molecule has 2 aromatic heterocycles. The molecule has 0 spiro atoms. The summed E-state index contributed by atoms with van der Waals surface area (Å²) in [4.78, 5) is 16.7. The summed E-state index contributed by atoms with van der Waals surface area (Å²) in [5.74, 6) is -0.131. The van der Waals surface area contributed by atoms with Crippen LogP contribution in [0.1, 0.15) is 33.1 Å². The minimum atomic E-state index is -0.131. The van der Waals surface area contributed by atoms with Crippen LogP contribution in [-0.4, -0.2) is 49.4 Å². The Morgan fingerprint density at radius 2 is 2.04 bits per heavy atom. The summed E-state index contributed by atoms with van der Waals surface area (Å²) in [5, 5.41) is 12.1. The zero-order valence-electron chi connectivity index (χ0n) is 15.5. The van der Waals surface area contributed by atoms with Crippen molar-refractivity contribution in [3.8, 4) is 0 Å². The molecule has 0 saturated heterocycles. The number of amides is 1. The topological polar surface area (TPSA) is 80.3 Å². The molecule has 3 heterocycles. The molecule has 0 atom stereocenters. The highest BCUT2D eigenvalue weighted by Crippen LogP contribution is 2.17. The molecule has 0 bridgehead atoms. The van der Waals surface area contributed by atoms with Gasteiger partial charge in [0.1, 0.15) is 11.4 Å². The monoisotopic (exact) mass is 366 g/mol. The number of aryl methyl sites for hydroxylation is 1. The average Bonchev–Trinajstić information content (AvgIpc) is 3.28. The van der Waals surface area contributed by atoms with Crippen LogP contribution in [0.2, 0.25) is 0 Å². The minimum Gasteiger partial charge on any atom is -0.334 e. The Bertz CT molecular complexity index is 933. The van der Waals surface area contributed by atoms with Crippen molar-refractivity contribution in [1.29, 1.82) is 0 Å². The van der Waals surface area contributed by atoms with Crippen LogP contribution >= 0.6 is 0 Å². The Balaban J connectivity index is 1.43. The van der Waals surface area contributed by atoms with Crippen molar-refractivity contribution >= 4 is 5.91 Å². The second-order valence-corrected chi connectivity index (χ2v) is 6.90. The van der Waals surface area contributed by atoms with Crippen molar-refractivity contribution in [3.63, 3.8) is 0 Å². The lowest BCUT2D eigenvalue weighted by Gasteiger charge is -2.27. The van der Waals surface area contributed by atoms with Crippen molar-refractivity contribution in [1.82, 2.24) is 29.9 Å². The molecule has 0 N–H and O–H groups in total. The molecule has 1 amide bonds. The van der Waals surface area contributed by atoms with Gasteiger partial charge in [0.15, 0.2) is 5.69 Å². The number of hydrogen-bond donors (Lipinski definition) is 0. The van der Waals surface area contributed by atoms with E-state index in [1.807, 2.05) is 16.8 Å². The molecule has 0 fully saturated rings. The summed E-state index contributed by atoms with van der Waals surface area (Å²) >= 11 is 0. The first-order valence-electron chi connectivity index (χ1n) is 8.96. The molecule has 1 aromatic carbocycles. The van der Waals surface area contributed by atoms with Gasteiger partial charge in [0.25, 0.3) is 5.91 Å². The summed E-state index contributed by atoms with van der Waals surface area (Å²) < 4.78 is 6.63. The van der Waals surface area contributed by atoms with Crippen LogP contribution in [0.5, 0.6) is 0 Å². The summed E-state index contributed by atoms with van der Waals surface area (Å²) in [6, 6.07) is 12.3. The number of carbonyl (C=O) groups is 1. The van der Waals surface area contributed by atoms with Crippen LogP contribution in [-0.2, 0) is 26.2 Å². The van der Waals surface area contributed by atoms with E-state index in [0.29, 0.717) is 23.6 Å². The van der Waals surface area contributed by atoms with Crippen LogP contribution in [0.25, 0.3) is 0 Å². The second kappa shape index (κ2) is 7.32. The van der Waals surface area contributed by atoms with Crippen molar-refractivity contribution in [2.75, 3.05) is 13.6 Å². The fourth-order valence-electron chi connectivity index (χ4n) is 3.29. The van der Waals surface area contributed by atoms with Gasteiger partial charge < -0.3 is 4.90 Å². The lowest BCUT2D eigenvalue weighted by Crippen LogP contribution is -2.33. The summed E-state index contributed by atoms with van der Waals surface area (Å²) in [5.41, 5.74) is 4.16. The van der Waals surface area contributed by atoms with E-state index in [1.54, 1.807) is 18.9 Å². The highest BCUT2D eigenvalue weighted by atomic mass is 16.6. The standard InChI is InChI=1S/C19H22N6O2/c1-14-18(22-27-21-14)13-23(2)19(26)17-10-16-12-24(8-9-25(16)20-17)11-15-6-4-3-5-7-15/h3-7,10H,8-9,11-13H2,1-2H3. The second-order valence-electron chi connectivity index (χ2n) is 6.90. The summed E-state index contributed by atoms with van der Waals surface area (Å²) in [6.45, 7) is 5.53. The highest BCUT2D eigenvalue weighted by molar-refractivity contribution is 5.92. The minimum absolute atomic E-state index is 0.131. The fourth-order valence-corrected chi connectivity index (χ4v) is 3.29. The van der Waals surface area contributed by atoms with Gasteiger partial charge in [-0.15, -0.1) is 0 Å². The Morgan fingerprint density at radius 1 is 1.22 bits per heavy atom. The molecule has 1 aliphatic heterocycles. The van der Waals surface area contributed by atoms with Crippen molar-refractivity contribution in [3.05, 3.63) is 64.7 Å². The number of hydrogen-bond acceptors (Lipinski definition) is 6. The van der Waals surface area contributed by atoms with Crippen molar-refractivity contribution in [2.45, 2.75) is 33.1 Å². The van der Waals surface area contributed by atoms with E-state index in [9.17, 15) is 4.79 Å². The Labute approximate surface area is 157 Å². The van der Waals surface area contributed by atoms with E-state index in [-0.39, 0.29) is 5.91 Å². The normalized spacial score (nSPS) is 14.1. The molecule has 27 heavy (non-hydrogen) atoms.